The predicted octanol–water partition coefficient (Wildman–Crippen LogP) is 1.53. The highest BCUT2D eigenvalue weighted by Crippen LogP contribution is 2.26. The smallest absolute Gasteiger partial charge is 0.243 e. The van der Waals surface area contributed by atoms with E-state index in [0.717, 1.165) is 6.07 Å². The number of halogens is 1. The second-order valence-corrected chi connectivity index (χ2v) is 7.00. The maximum atomic E-state index is 13.5. The molecule has 0 amide bonds. The number of hydrogen-bond acceptors (Lipinski definition) is 3. The SMILES string of the molecule is Cc1ccc(S(=O)(=O)N2CCC(C(C)O)C2)cc1F. The van der Waals surface area contributed by atoms with Crippen LogP contribution in [0.4, 0.5) is 4.39 Å². The van der Waals surface area contributed by atoms with Crippen LogP contribution in [0.25, 0.3) is 0 Å². The van der Waals surface area contributed by atoms with Crippen LogP contribution in [0.15, 0.2) is 23.1 Å². The molecule has 106 valence electrons. The molecular weight excluding hydrogens is 269 g/mol. The Kier molecular flexibility index (Phi) is 3.94. The first kappa shape index (κ1) is 14.4. The lowest BCUT2D eigenvalue weighted by Gasteiger charge is -2.18. The van der Waals surface area contributed by atoms with Gasteiger partial charge in [-0.25, -0.2) is 12.8 Å². The molecule has 0 aromatic heterocycles. The van der Waals surface area contributed by atoms with Crippen molar-refractivity contribution in [3.05, 3.63) is 29.6 Å². The van der Waals surface area contributed by atoms with Crippen LogP contribution >= 0.6 is 0 Å². The topological polar surface area (TPSA) is 57.6 Å². The van der Waals surface area contributed by atoms with Crippen molar-refractivity contribution in [3.8, 4) is 0 Å². The number of aliphatic hydroxyl groups is 1. The maximum absolute atomic E-state index is 13.5. The van der Waals surface area contributed by atoms with Crippen molar-refractivity contribution in [2.24, 2.45) is 5.92 Å². The van der Waals surface area contributed by atoms with Gasteiger partial charge in [0.25, 0.3) is 0 Å². The number of benzene rings is 1. The van der Waals surface area contributed by atoms with Crippen LogP contribution in [0.5, 0.6) is 0 Å². The number of nitrogens with zero attached hydrogens (tertiary/aromatic N) is 1. The van der Waals surface area contributed by atoms with Gasteiger partial charge in [-0.05, 0) is 43.9 Å². The zero-order valence-corrected chi connectivity index (χ0v) is 11.8. The number of aliphatic hydroxyl groups excluding tert-OH is 1. The van der Waals surface area contributed by atoms with E-state index in [1.54, 1.807) is 13.8 Å². The predicted molar refractivity (Wildman–Crippen MR) is 69.7 cm³/mol. The average molecular weight is 287 g/mol. The average Bonchev–Trinajstić information content (AvgIpc) is 2.82. The minimum Gasteiger partial charge on any atom is -0.393 e. The number of sulfonamides is 1. The number of rotatable bonds is 3. The molecule has 1 saturated heterocycles. The fourth-order valence-corrected chi connectivity index (χ4v) is 3.77. The largest absolute Gasteiger partial charge is 0.393 e. The summed E-state index contributed by atoms with van der Waals surface area (Å²) in [5.74, 6) is -0.572. The highest BCUT2D eigenvalue weighted by molar-refractivity contribution is 7.89. The van der Waals surface area contributed by atoms with E-state index in [2.05, 4.69) is 0 Å². The van der Waals surface area contributed by atoms with Gasteiger partial charge in [0.2, 0.25) is 10.0 Å². The second-order valence-electron chi connectivity index (χ2n) is 5.06. The molecular formula is C13H18FNO3S. The van der Waals surface area contributed by atoms with Crippen molar-refractivity contribution in [1.82, 2.24) is 4.31 Å². The quantitative estimate of drug-likeness (QED) is 0.917. The zero-order valence-electron chi connectivity index (χ0n) is 11.0. The summed E-state index contributed by atoms with van der Waals surface area (Å²) in [6.45, 7) is 3.90. The normalized spacial score (nSPS) is 22.6. The van der Waals surface area contributed by atoms with Gasteiger partial charge >= 0.3 is 0 Å². The number of aryl methyl sites for hydroxylation is 1. The highest BCUT2D eigenvalue weighted by Gasteiger charge is 2.34. The Balaban J connectivity index is 2.26. The van der Waals surface area contributed by atoms with Gasteiger partial charge in [0.05, 0.1) is 11.0 Å². The van der Waals surface area contributed by atoms with Crippen molar-refractivity contribution in [2.75, 3.05) is 13.1 Å². The van der Waals surface area contributed by atoms with Gasteiger partial charge in [0, 0.05) is 13.1 Å². The Labute approximate surface area is 112 Å². The van der Waals surface area contributed by atoms with Crippen LogP contribution in [0.1, 0.15) is 18.9 Å². The van der Waals surface area contributed by atoms with E-state index in [9.17, 15) is 17.9 Å². The van der Waals surface area contributed by atoms with Gasteiger partial charge in [-0.2, -0.15) is 4.31 Å². The molecule has 0 saturated carbocycles. The van der Waals surface area contributed by atoms with E-state index in [1.807, 2.05) is 0 Å². The molecule has 6 heteroatoms. The van der Waals surface area contributed by atoms with Gasteiger partial charge in [0.15, 0.2) is 0 Å². The lowest BCUT2D eigenvalue weighted by Crippen LogP contribution is -2.30. The van der Waals surface area contributed by atoms with Crippen molar-refractivity contribution < 1.29 is 17.9 Å². The lowest BCUT2D eigenvalue weighted by molar-refractivity contribution is 0.133. The van der Waals surface area contributed by atoms with Crippen LogP contribution in [0.3, 0.4) is 0 Å². The molecule has 1 heterocycles. The van der Waals surface area contributed by atoms with Crippen molar-refractivity contribution in [3.63, 3.8) is 0 Å². The molecule has 2 unspecified atom stereocenters. The van der Waals surface area contributed by atoms with E-state index < -0.39 is 21.9 Å². The standard InChI is InChI=1S/C13H18FNO3S/c1-9-3-4-12(7-13(9)14)19(17,18)15-6-5-11(8-15)10(2)16/h3-4,7,10-11,16H,5-6,8H2,1-2H3. The third kappa shape index (κ3) is 2.80. The first-order valence-corrected chi connectivity index (χ1v) is 7.70. The summed E-state index contributed by atoms with van der Waals surface area (Å²) >= 11 is 0. The van der Waals surface area contributed by atoms with Crippen LogP contribution < -0.4 is 0 Å². The summed E-state index contributed by atoms with van der Waals surface area (Å²) in [5.41, 5.74) is 0.419. The van der Waals surface area contributed by atoms with Crippen molar-refractivity contribution >= 4 is 10.0 Å². The summed E-state index contributed by atoms with van der Waals surface area (Å²) in [4.78, 5) is -0.0261. The molecule has 0 bridgehead atoms. The van der Waals surface area contributed by atoms with Crippen LogP contribution in [0.2, 0.25) is 0 Å². The van der Waals surface area contributed by atoms with Crippen molar-refractivity contribution in [1.29, 1.82) is 0 Å². The Morgan fingerprint density at radius 3 is 2.68 bits per heavy atom. The molecule has 2 rings (SSSR count). The van der Waals surface area contributed by atoms with Crippen LogP contribution in [-0.4, -0.2) is 37.0 Å². The molecule has 19 heavy (non-hydrogen) atoms. The fourth-order valence-electron chi connectivity index (χ4n) is 2.25. The first-order chi connectivity index (χ1) is 8.82. The molecule has 2 atom stereocenters. The molecule has 0 radical (unpaired) electrons. The second kappa shape index (κ2) is 5.19. The minimum absolute atomic E-state index is 0.0261. The van der Waals surface area contributed by atoms with Crippen LogP contribution in [0, 0.1) is 18.7 Å². The van der Waals surface area contributed by atoms with E-state index >= 15 is 0 Å². The Morgan fingerprint density at radius 2 is 2.16 bits per heavy atom. The summed E-state index contributed by atoms with van der Waals surface area (Å²) < 4.78 is 39.5. The molecule has 1 aliphatic rings. The monoisotopic (exact) mass is 287 g/mol. The maximum Gasteiger partial charge on any atom is 0.243 e. The molecule has 1 aromatic rings. The van der Waals surface area contributed by atoms with E-state index in [-0.39, 0.29) is 17.4 Å². The lowest BCUT2D eigenvalue weighted by atomic mass is 10.0. The van der Waals surface area contributed by atoms with Crippen molar-refractivity contribution in [2.45, 2.75) is 31.3 Å². The van der Waals surface area contributed by atoms with Gasteiger partial charge in [0.1, 0.15) is 5.82 Å². The minimum atomic E-state index is -3.66. The number of hydrogen-bond donors (Lipinski definition) is 1. The molecule has 4 nitrogen and oxygen atoms in total. The first-order valence-electron chi connectivity index (χ1n) is 6.26. The molecule has 1 fully saturated rings. The molecule has 0 aliphatic carbocycles. The summed E-state index contributed by atoms with van der Waals surface area (Å²) in [5, 5.41) is 9.51. The van der Waals surface area contributed by atoms with Gasteiger partial charge in [-0.3, -0.25) is 0 Å². The summed E-state index contributed by atoms with van der Waals surface area (Å²) in [7, 11) is -3.66. The zero-order chi connectivity index (χ0) is 14.2. The van der Waals surface area contributed by atoms with Gasteiger partial charge in [-0.15, -0.1) is 0 Å². The Hall–Kier alpha value is -0.980. The van der Waals surface area contributed by atoms with Gasteiger partial charge in [-0.1, -0.05) is 6.07 Å². The third-order valence-corrected chi connectivity index (χ3v) is 5.51. The van der Waals surface area contributed by atoms with Gasteiger partial charge < -0.3 is 5.11 Å². The summed E-state index contributed by atoms with van der Waals surface area (Å²) in [6.07, 6.45) is 0.0977. The Bertz CT molecular complexity index is 571. The van der Waals surface area contributed by atoms with Crippen LogP contribution in [-0.2, 0) is 10.0 Å². The van der Waals surface area contributed by atoms with E-state index in [1.165, 1.54) is 16.4 Å². The summed E-state index contributed by atoms with van der Waals surface area (Å²) in [6, 6.07) is 3.94. The highest BCUT2D eigenvalue weighted by atomic mass is 32.2. The van der Waals surface area contributed by atoms with E-state index in [0.29, 0.717) is 18.5 Å². The fraction of sp³-hybridized carbons (Fsp3) is 0.538. The Morgan fingerprint density at radius 1 is 1.47 bits per heavy atom. The van der Waals surface area contributed by atoms with E-state index in [4.69, 9.17) is 0 Å². The molecule has 0 spiro atoms. The third-order valence-electron chi connectivity index (χ3n) is 3.65. The molecule has 1 aromatic carbocycles. The molecule has 1 N–H and O–H groups in total. The molecule has 1 aliphatic heterocycles.